The van der Waals surface area contributed by atoms with E-state index in [9.17, 15) is 4.79 Å². The summed E-state index contributed by atoms with van der Waals surface area (Å²) in [5, 5.41) is 8.40. The maximum Gasteiger partial charge on any atom is 0.362 e. The Kier molecular flexibility index (Phi) is 4.88. The topological polar surface area (TPSA) is 92.6 Å². The van der Waals surface area contributed by atoms with Gasteiger partial charge in [0.05, 0.1) is 6.54 Å². The SMILES string of the molecule is [NH3+]CCCC[C@@H]([NH3+])C(=O)O. The number of carboxylic acids is 1. The second kappa shape index (κ2) is 5.20. The average molecular weight is 148 g/mol. The Balaban J connectivity index is 3.21. The highest BCUT2D eigenvalue weighted by Crippen LogP contribution is 1.95. The van der Waals surface area contributed by atoms with Gasteiger partial charge in [0.1, 0.15) is 0 Å². The third-order valence-electron chi connectivity index (χ3n) is 1.40. The van der Waals surface area contributed by atoms with E-state index in [1.54, 1.807) is 0 Å². The van der Waals surface area contributed by atoms with Gasteiger partial charge >= 0.3 is 5.97 Å². The molecule has 0 bridgehead atoms. The molecule has 0 rings (SSSR count). The Morgan fingerprint density at radius 2 is 2.10 bits per heavy atom. The normalized spacial score (nSPS) is 13.0. The van der Waals surface area contributed by atoms with Crippen LogP contribution in [0.3, 0.4) is 0 Å². The average Bonchev–Trinajstić information content (AvgIpc) is 1.88. The number of quaternary nitrogens is 2. The molecule has 7 N–H and O–H groups in total. The fourth-order valence-electron chi connectivity index (χ4n) is 0.691. The van der Waals surface area contributed by atoms with Crippen LogP contribution in [0.1, 0.15) is 19.3 Å². The molecule has 0 aliphatic carbocycles. The molecule has 0 spiro atoms. The van der Waals surface area contributed by atoms with Gasteiger partial charge in [-0.25, -0.2) is 4.79 Å². The number of hydrogen-bond donors (Lipinski definition) is 3. The molecule has 1 atom stereocenters. The first-order valence-corrected chi connectivity index (χ1v) is 3.53. The molecule has 0 saturated carbocycles. The molecule has 0 radical (unpaired) electrons. The molecule has 10 heavy (non-hydrogen) atoms. The van der Waals surface area contributed by atoms with E-state index in [1.807, 2.05) is 0 Å². The van der Waals surface area contributed by atoms with E-state index in [1.165, 1.54) is 0 Å². The van der Waals surface area contributed by atoms with E-state index in [-0.39, 0.29) is 0 Å². The zero-order chi connectivity index (χ0) is 7.98. The molecule has 0 saturated heterocycles. The van der Waals surface area contributed by atoms with E-state index in [4.69, 9.17) is 5.11 Å². The predicted molar refractivity (Wildman–Crippen MR) is 35.9 cm³/mol. The predicted octanol–water partition coefficient (Wildman–Crippen LogP) is -1.91. The fraction of sp³-hybridized carbons (Fsp3) is 0.833. The van der Waals surface area contributed by atoms with Gasteiger partial charge in [0.15, 0.2) is 6.04 Å². The number of rotatable bonds is 5. The zero-order valence-electron chi connectivity index (χ0n) is 6.18. The monoisotopic (exact) mass is 148 g/mol. The van der Waals surface area contributed by atoms with Crippen LogP contribution in [0.5, 0.6) is 0 Å². The van der Waals surface area contributed by atoms with Crippen LogP contribution in [-0.2, 0) is 4.79 Å². The second-order valence-corrected chi connectivity index (χ2v) is 2.38. The van der Waals surface area contributed by atoms with Crippen LogP contribution in [-0.4, -0.2) is 23.7 Å². The lowest BCUT2D eigenvalue weighted by Crippen LogP contribution is -2.64. The molecule has 0 aliphatic rings. The van der Waals surface area contributed by atoms with Crippen molar-refractivity contribution in [1.82, 2.24) is 0 Å². The highest BCUT2D eigenvalue weighted by Gasteiger charge is 2.13. The molecule has 4 nitrogen and oxygen atoms in total. The van der Waals surface area contributed by atoms with Gasteiger partial charge in [0.2, 0.25) is 0 Å². The van der Waals surface area contributed by atoms with Crippen molar-refractivity contribution in [3.05, 3.63) is 0 Å². The third kappa shape index (κ3) is 4.29. The number of hydrogen-bond acceptors (Lipinski definition) is 1. The Morgan fingerprint density at radius 1 is 1.50 bits per heavy atom. The van der Waals surface area contributed by atoms with Gasteiger partial charge in [-0.05, 0) is 12.8 Å². The summed E-state index contributed by atoms with van der Waals surface area (Å²) in [6, 6.07) is -0.438. The molecule has 0 aromatic heterocycles. The lowest BCUT2D eigenvalue weighted by molar-refractivity contribution is -0.410. The van der Waals surface area contributed by atoms with Crippen molar-refractivity contribution in [2.45, 2.75) is 25.3 Å². The maximum absolute atomic E-state index is 10.2. The van der Waals surface area contributed by atoms with Crippen molar-refractivity contribution in [2.24, 2.45) is 0 Å². The van der Waals surface area contributed by atoms with Gasteiger partial charge in [-0.3, -0.25) is 0 Å². The summed E-state index contributed by atoms with van der Waals surface area (Å²) in [6.07, 6.45) is 2.59. The van der Waals surface area contributed by atoms with Crippen molar-refractivity contribution in [2.75, 3.05) is 6.54 Å². The zero-order valence-corrected chi connectivity index (χ0v) is 6.18. The van der Waals surface area contributed by atoms with Crippen molar-refractivity contribution in [1.29, 1.82) is 0 Å². The van der Waals surface area contributed by atoms with Crippen LogP contribution >= 0.6 is 0 Å². The molecule has 60 valence electrons. The number of unbranched alkanes of at least 4 members (excludes halogenated alkanes) is 1. The highest BCUT2D eigenvalue weighted by atomic mass is 16.4. The molecule has 0 heterocycles. The molecule has 0 aliphatic heterocycles. The van der Waals surface area contributed by atoms with E-state index in [2.05, 4.69) is 11.5 Å². The Labute approximate surface area is 60.2 Å². The van der Waals surface area contributed by atoms with Gasteiger partial charge in [0.25, 0.3) is 0 Å². The Hall–Kier alpha value is -0.610. The van der Waals surface area contributed by atoms with Crippen LogP contribution in [0.15, 0.2) is 0 Å². The van der Waals surface area contributed by atoms with E-state index in [0.29, 0.717) is 6.42 Å². The molecule has 0 fully saturated rings. The van der Waals surface area contributed by atoms with Gasteiger partial charge in [-0.2, -0.15) is 0 Å². The number of carbonyl (C=O) groups is 1. The molecular formula is C6H16N2O2+2. The summed E-state index contributed by atoms with van der Waals surface area (Å²) in [5.74, 6) is -0.802. The van der Waals surface area contributed by atoms with E-state index < -0.39 is 12.0 Å². The summed E-state index contributed by atoms with van der Waals surface area (Å²) in [7, 11) is 0. The van der Waals surface area contributed by atoms with Crippen molar-refractivity contribution >= 4 is 5.97 Å². The Bertz CT molecular complexity index is 106. The van der Waals surface area contributed by atoms with Gasteiger partial charge in [-0.15, -0.1) is 0 Å². The minimum Gasteiger partial charge on any atom is -0.477 e. The minimum atomic E-state index is -0.802. The van der Waals surface area contributed by atoms with Crippen LogP contribution in [0.4, 0.5) is 0 Å². The Morgan fingerprint density at radius 3 is 2.50 bits per heavy atom. The first-order valence-electron chi connectivity index (χ1n) is 3.53. The summed E-state index contributed by atoms with van der Waals surface area (Å²) in [4.78, 5) is 10.2. The molecule has 0 aromatic rings. The lowest BCUT2D eigenvalue weighted by atomic mass is 10.1. The number of carboxylic acid groups (broad SMARTS) is 1. The second-order valence-electron chi connectivity index (χ2n) is 2.38. The smallest absolute Gasteiger partial charge is 0.362 e. The highest BCUT2D eigenvalue weighted by molar-refractivity contribution is 5.71. The molecular weight excluding hydrogens is 132 g/mol. The molecule has 0 unspecified atom stereocenters. The standard InChI is InChI=1S/C6H14N2O2/c7-4-2-1-3-5(8)6(9)10/h5H,1-4,7-8H2,(H,9,10)/p+2/t5-/m1/s1. The summed E-state index contributed by atoms with van der Waals surface area (Å²) in [6.45, 7) is 0.881. The van der Waals surface area contributed by atoms with E-state index >= 15 is 0 Å². The van der Waals surface area contributed by atoms with Crippen molar-refractivity contribution in [3.8, 4) is 0 Å². The molecule has 0 amide bonds. The summed E-state index contributed by atoms with van der Waals surface area (Å²) in [5.41, 5.74) is 7.15. The van der Waals surface area contributed by atoms with Crippen LogP contribution in [0, 0.1) is 0 Å². The molecule has 4 heteroatoms. The van der Waals surface area contributed by atoms with Gasteiger partial charge in [0, 0.05) is 6.42 Å². The lowest BCUT2D eigenvalue weighted by Gasteiger charge is -1.99. The summed E-state index contributed by atoms with van der Waals surface area (Å²) < 4.78 is 0. The first kappa shape index (κ1) is 9.39. The first-order chi connectivity index (χ1) is 4.68. The fourth-order valence-corrected chi connectivity index (χ4v) is 0.691. The minimum absolute atomic E-state index is 0.438. The quantitative estimate of drug-likeness (QED) is 0.397. The maximum atomic E-state index is 10.2. The van der Waals surface area contributed by atoms with Crippen molar-refractivity contribution in [3.63, 3.8) is 0 Å². The largest absolute Gasteiger partial charge is 0.477 e. The van der Waals surface area contributed by atoms with E-state index in [0.717, 1.165) is 19.4 Å². The van der Waals surface area contributed by atoms with Crippen LogP contribution in [0.25, 0.3) is 0 Å². The third-order valence-corrected chi connectivity index (χ3v) is 1.40. The summed E-state index contributed by atoms with van der Waals surface area (Å²) >= 11 is 0. The van der Waals surface area contributed by atoms with Crippen molar-refractivity contribution < 1.29 is 21.4 Å². The molecule has 0 aromatic carbocycles. The van der Waals surface area contributed by atoms with Gasteiger partial charge < -0.3 is 16.6 Å². The van der Waals surface area contributed by atoms with Crippen LogP contribution < -0.4 is 11.5 Å². The van der Waals surface area contributed by atoms with Gasteiger partial charge in [-0.1, -0.05) is 0 Å². The number of aliphatic carboxylic acids is 1. The van der Waals surface area contributed by atoms with Crippen LogP contribution in [0.2, 0.25) is 0 Å².